The van der Waals surface area contributed by atoms with Crippen molar-refractivity contribution in [3.63, 3.8) is 0 Å². The van der Waals surface area contributed by atoms with Crippen LogP contribution >= 0.6 is 0 Å². The predicted octanol–water partition coefficient (Wildman–Crippen LogP) is 1.20. The number of hydrogen-bond donors (Lipinski definition) is 2. The summed E-state index contributed by atoms with van der Waals surface area (Å²) < 4.78 is 17.6. The second kappa shape index (κ2) is 3.92. The lowest BCUT2D eigenvalue weighted by atomic mass is 10.3. The number of aliphatic hydroxyl groups excluding tert-OH is 1. The number of rotatable bonds is 3. The zero-order valence-corrected chi connectivity index (χ0v) is 6.67. The summed E-state index contributed by atoms with van der Waals surface area (Å²) in [7, 11) is 1.40. The molecule has 0 spiro atoms. The van der Waals surface area contributed by atoms with E-state index in [1.54, 1.807) is 6.07 Å². The summed E-state index contributed by atoms with van der Waals surface area (Å²) in [6.07, 6.45) is 0. The van der Waals surface area contributed by atoms with Gasteiger partial charge in [-0.1, -0.05) is 0 Å². The molecule has 66 valence electrons. The van der Waals surface area contributed by atoms with E-state index in [2.05, 4.69) is 5.32 Å². The molecule has 0 radical (unpaired) electrons. The Morgan fingerprint density at radius 2 is 2.33 bits per heavy atom. The molecular weight excluding hydrogens is 161 g/mol. The van der Waals surface area contributed by atoms with Crippen LogP contribution in [-0.4, -0.2) is 18.9 Å². The zero-order chi connectivity index (χ0) is 8.97. The Bertz CT molecular complexity index is 265. The molecule has 0 fully saturated rings. The van der Waals surface area contributed by atoms with Gasteiger partial charge < -0.3 is 15.2 Å². The van der Waals surface area contributed by atoms with E-state index in [0.717, 1.165) is 0 Å². The molecule has 1 rings (SSSR count). The van der Waals surface area contributed by atoms with Crippen molar-refractivity contribution in [3.05, 3.63) is 24.0 Å². The van der Waals surface area contributed by atoms with Gasteiger partial charge in [-0.2, -0.15) is 0 Å². The minimum absolute atomic E-state index is 0.193. The highest BCUT2D eigenvalue weighted by atomic mass is 19.1. The Labute approximate surface area is 69.8 Å². The third kappa shape index (κ3) is 1.85. The molecule has 0 bridgehead atoms. The van der Waals surface area contributed by atoms with E-state index in [-0.39, 0.29) is 12.5 Å². The van der Waals surface area contributed by atoms with Crippen LogP contribution in [0.15, 0.2) is 18.2 Å². The van der Waals surface area contributed by atoms with Crippen molar-refractivity contribution in [3.8, 4) is 5.75 Å². The van der Waals surface area contributed by atoms with Crippen molar-refractivity contribution in [1.82, 2.24) is 0 Å². The molecule has 0 aliphatic rings. The van der Waals surface area contributed by atoms with Gasteiger partial charge in [-0.3, -0.25) is 0 Å². The molecular formula is C8H10FNO2. The van der Waals surface area contributed by atoms with Crippen LogP contribution in [0.5, 0.6) is 5.75 Å². The largest absolute Gasteiger partial charge is 0.494 e. The molecule has 0 heterocycles. The number of ether oxygens (including phenoxy) is 1. The molecule has 4 heteroatoms. The molecule has 1 aromatic rings. The third-order valence-corrected chi connectivity index (χ3v) is 1.43. The summed E-state index contributed by atoms with van der Waals surface area (Å²) in [6.45, 7) is -0.216. The van der Waals surface area contributed by atoms with E-state index >= 15 is 0 Å². The van der Waals surface area contributed by atoms with Crippen LogP contribution in [0.3, 0.4) is 0 Å². The van der Waals surface area contributed by atoms with Crippen molar-refractivity contribution >= 4 is 5.69 Å². The first kappa shape index (κ1) is 8.80. The smallest absolute Gasteiger partial charge is 0.167 e. The maximum absolute atomic E-state index is 12.9. The molecule has 3 nitrogen and oxygen atoms in total. The van der Waals surface area contributed by atoms with Crippen LogP contribution in [-0.2, 0) is 0 Å². The molecule has 0 saturated carbocycles. The van der Waals surface area contributed by atoms with Crippen LogP contribution in [0.4, 0.5) is 10.1 Å². The Morgan fingerprint density at radius 1 is 1.58 bits per heavy atom. The molecule has 0 aromatic heterocycles. The van der Waals surface area contributed by atoms with E-state index in [0.29, 0.717) is 5.69 Å². The van der Waals surface area contributed by atoms with Gasteiger partial charge in [0.15, 0.2) is 11.6 Å². The summed E-state index contributed by atoms with van der Waals surface area (Å²) in [5.41, 5.74) is 0.524. The number of methoxy groups -OCH3 is 1. The number of nitrogens with one attached hydrogen (secondary N) is 1. The summed E-state index contributed by atoms with van der Waals surface area (Å²) >= 11 is 0. The fourth-order valence-corrected chi connectivity index (χ4v) is 0.868. The van der Waals surface area contributed by atoms with Gasteiger partial charge >= 0.3 is 0 Å². The molecule has 0 saturated heterocycles. The second-order valence-electron chi connectivity index (χ2n) is 2.18. The highest BCUT2D eigenvalue weighted by Gasteiger charge is 2.01. The highest BCUT2D eigenvalue weighted by molar-refractivity contribution is 5.46. The van der Waals surface area contributed by atoms with E-state index < -0.39 is 5.82 Å². The molecule has 0 aliphatic carbocycles. The molecule has 0 unspecified atom stereocenters. The molecule has 12 heavy (non-hydrogen) atoms. The summed E-state index contributed by atoms with van der Waals surface area (Å²) in [6, 6.07) is 4.38. The predicted molar refractivity (Wildman–Crippen MR) is 43.7 cm³/mol. The topological polar surface area (TPSA) is 41.5 Å². The lowest BCUT2D eigenvalue weighted by Gasteiger charge is -2.05. The zero-order valence-electron chi connectivity index (χ0n) is 6.67. The van der Waals surface area contributed by atoms with E-state index in [1.807, 2.05) is 0 Å². The van der Waals surface area contributed by atoms with Crippen LogP contribution in [0, 0.1) is 5.82 Å². The van der Waals surface area contributed by atoms with Gasteiger partial charge in [0.25, 0.3) is 0 Å². The number of benzene rings is 1. The van der Waals surface area contributed by atoms with Gasteiger partial charge in [-0.25, -0.2) is 4.39 Å². The maximum atomic E-state index is 12.9. The van der Waals surface area contributed by atoms with Gasteiger partial charge in [-0.05, 0) is 12.1 Å². The fraction of sp³-hybridized carbons (Fsp3) is 0.250. The number of aliphatic hydroxyl groups is 1. The minimum Gasteiger partial charge on any atom is -0.494 e. The average molecular weight is 171 g/mol. The summed E-state index contributed by atoms with van der Waals surface area (Å²) in [5.74, 6) is -0.255. The van der Waals surface area contributed by atoms with Crippen molar-refractivity contribution < 1.29 is 14.2 Å². The Hall–Kier alpha value is -1.29. The molecule has 0 aliphatic heterocycles. The molecule has 2 N–H and O–H groups in total. The van der Waals surface area contributed by atoms with Gasteiger partial charge in [0.1, 0.15) is 6.73 Å². The lowest BCUT2D eigenvalue weighted by Crippen LogP contribution is -1.99. The van der Waals surface area contributed by atoms with Crippen molar-refractivity contribution in [1.29, 1.82) is 0 Å². The average Bonchev–Trinajstić information content (AvgIpc) is 2.05. The Kier molecular flexibility index (Phi) is 2.88. The Morgan fingerprint density at radius 3 is 2.83 bits per heavy atom. The number of halogens is 1. The van der Waals surface area contributed by atoms with Gasteiger partial charge in [0.2, 0.25) is 0 Å². The van der Waals surface area contributed by atoms with Gasteiger partial charge in [0.05, 0.1) is 7.11 Å². The fourth-order valence-electron chi connectivity index (χ4n) is 0.868. The van der Waals surface area contributed by atoms with Crippen molar-refractivity contribution in [2.75, 3.05) is 19.2 Å². The second-order valence-corrected chi connectivity index (χ2v) is 2.18. The first-order chi connectivity index (χ1) is 5.77. The first-order valence-electron chi connectivity index (χ1n) is 3.46. The Balaban J connectivity index is 2.86. The van der Waals surface area contributed by atoms with Crippen molar-refractivity contribution in [2.24, 2.45) is 0 Å². The van der Waals surface area contributed by atoms with Crippen LogP contribution in [0.25, 0.3) is 0 Å². The van der Waals surface area contributed by atoms with Crippen molar-refractivity contribution in [2.45, 2.75) is 0 Å². The minimum atomic E-state index is -0.448. The van der Waals surface area contributed by atoms with Gasteiger partial charge in [-0.15, -0.1) is 0 Å². The molecule has 0 amide bonds. The van der Waals surface area contributed by atoms with E-state index in [4.69, 9.17) is 9.84 Å². The maximum Gasteiger partial charge on any atom is 0.167 e. The van der Waals surface area contributed by atoms with Crippen LogP contribution < -0.4 is 10.1 Å². The summed E-state index contributed by atoms with van der Waals surface area (Å²) in [4.78, 5) is 0. The normalized spacial score (nSPS) is 9.58. The number of anilines is 1. The highest BCUT2D eigenvalue weighted by Crippen LogP contribution is 2.20. The monoisotopic (exact) mass is 171 g/mol. The molecule has 1 aromatic carbocycles. The first-order valence-corrected chi connectivity index (χ1v) is 3.46. The lowest BCUT2D eigenvalue weighted by molar-refractivity contribution is 0.325. The van der Waals surface area contributed by atoms with E-state index in [1.165, 1.54) is 19.2 Å². The summed E-state index contributed by atoms with van der Waals surface area (Å²) in [5, 5.41) is 11.0. The SMILES string of the molecule is COc1ccc(NCO)cc1F. The van der Waals surface area contributed by atoms with E-state index in [9.17, 15) is 4.39 Å². The standard InChI is InChI=1S/C8H10FNO2/c1-12-8-3-2-6(10-5-11)4-7(8)9/h2-4,10-11H,5H2,1H3. The number of hydrogen-bond acceptors (Lipinski definition) is 3. The third-order valence-electron chi connectivity index (χ3n) is 1.43. The quantitative estimate of drug-likeness (QED) is 0.671. The van der Waals surface area contributed by atoms with Gasteiger partial charge in [0, 0.05) is 11.8 Å². The van der Waals surface area contributed by atoms with Crippen LogP contribution in [0.2, 0.25) is 0 Å². The molecule has 0 atom stereocenters. The van der Waals surface area contributed by atoms with Crippen LogP contribution in [0.1, 0.15) is 0 Å².